The Morgan fingerprint density at radius 2 is 1.29 bits per heavy atom. The Morgan fingerprint density at radius 3 is 1.71 bits per heavy atom. The largest absolute Gasteiger partial charge is 0.386 e. The van der Waals surface area contributed by atoms with Crippen molar-refractivity contribution in [2.45, 2.75) is 114 Å². The number of hydrogen-bond donors (Lipinski definition) is 1. The van der Waals surface area contributed by atoms with Gasteiger partial charge in [0.25, 0.3) is 0 Å². The number of ether oxygens (including phenoxy) is 1. The maximum absolute atomic E-state index is 13.7. The molecule has 1 saturated heterocycles. The van der Waals surface area contributed by atoms with Crippen molar-refractivity contribution in [2.75, 3.05) is 6.61 Å². The second-order valence-electron chi connectivity index (χ2n) is 15.6. The number of thiol groups is 1. The first-order chi connectivity index (χ1) is 15.0. The zero-order chi connectivity index (χ0) is 26.7. The predicted molar refractivity (Wildman–Crippen MR) is 153 cm³/mol. The van der Waals surface area contributed by atoms with Crippen LogP contribution in [0.4, 0.5) is 0 Å². The van der Waals surface area contributed by atoms with Crippen molar-refractivity contribution in [3.05, 3.63) is 0 Å². The maximum atomic E-state index is 13.7. The van der Waals surface area contributed by atoms with Crippen LogP contribution in [0.5, 0.6) is 0 Å². The first-order valence-corrected chi connectivity index (χ1v) is 16.0. The molecule has 4 nitrogen and oxygen atoms in total. The van der Waals surface area contributed by atoms with E-state index in [1.54, 1.807) is 0 Å². The molecule has 1 saturated carbocycles. The molecule has 8 heteroatoms. The molecule has 2 aliphatic rings. The Labute approximate surface area is 218 Å². The zero-order valence-electron chi connectivity index (χ0n) is 24.6. The molecule has 9 atom stereocenters. The lowest BCUT2D eigenvalue weighted by molar-refractivity contribution is -0.00894. The average Bonchev–Trinajstić information content (AvgIpc) is 3.08. The van der Waals surface area contributed by atoms with Gasteiger partial charge in [0.1, 0.15) is 15.7 Å². The van der Waals surface area contributed by atoms with Crippen molar-refractivity contribution >= 4 is 34.7 Å². The van der Waals surface area contributed by atoms with Crippen molar-refractivity contribution in [3.63, 3.8) is 0 Å². The van der Waals surface area contributed by atoms with Crippen LogP contribution in [0.2, 0.25) is 5.82 Å². The Bertz CT molecular complexity index is 750. The molecule has 0 aromatic carbocycles. The normalized spacial score (nSPS) is 37.7. The molecule has 0 radical (unpaired) electrons. The SMILES string of the molecule is B[C@@H]1C[C@H](C(C)(C)C)C(O[P@@](=O)(S)OC[C@H]2O[C@@H](B)[C@@H](C(C)(C)C)C2C(C)(C)C)[C@@H]1C(C)(C)C. The second kappa shape index (κ2) is 10.0. The third-order valence-electron chi connectivity index (χ3n) is 8.44. The van der Waals surface area contributed by atoms with Crippen molar-refractivity contribution in [3.8, 4) is 0 Å². The standard InChI is InChI=1S/C26H53B2O4PS/c1-23(2,3)15-13-16(27)18(24(4,5)6)21(15)32-33(29,34)30-14-17-19(25(7,8)9)20(22(28)31-17)26(10,11)12/h15-22H,13-14,27-28H2,1-12H3,(H,29,34)/t15-,16+,17+,18+,19?,20-,21?,22+,33-/m0/s1. The molecule has 34 heavy (non-hydrogen) atoms. The van der Waals surface area contributed by atoms with Gasteiger partial charge < -0.3 is 4.74 Å². The molecule has 0 N–H and O–H groups in total. The first kappa shape index (κ1) is 30.8. The topological polar surface area (TPSA) is 44.8 Å². The maximum Gasteiger partial charge on any atom is 0.386 e. The molecular weight excluding hydrogens is 461 g/mol. The van der Waals surface area contributed by atoms with Crippen LogP contribution in [0.1, 0.15) is 89.5 Å². The van der Waals surface area contributed by atoms with Crippen molar-refractivity contribution in [1.82, 2.24) is 0 Å². The van der Waals surface area contributed by atoms with Crippen LogP contribution in [0, 0.1) is 45.3 Å². The van der Waals surface area contributed by atoms with Crippen molar-refractivity contribution in [2.24, 2.45) is 45.3 Å². The van der Waals surface area contributed by atoms with Gasteiger partial charge in [0.05, 0.1) is 18.8 Å². The van der Waals surface area contributed by atoms with E-state index >= 15 is 0 Å². The van der Waals surface area contributed by atoms with E-state index in [-0.39, 0.29) is 58.3 Å². The van der Waals surface area contributed by atoms with Gasteiger partial charge in [0, 0.05) is 6.00 Å². The van der Waals surface area contributed by atoms with Crippen LogP contribution >= 0.6 is 19.0 Å². The molecule has 1 aliphatic carbocycles. The lowest BCUT2D eigenvalue weighted by Crippen LogP contribution is -2.41. The van der Waals surface area contributed by atoms with Gasteiger partial charge in [-0.1, -0.05) is 108 Å². The highest BCUT2D eigenvalue weighted by Crippen LogP contribution is 2.63. The van der Waals surface area contributed by atoms with Crippen LogP contribution in [-0.4, -0.2) is 40.5 Å². The molecule has 0 spiro atoms. The van der Waals surface area contributed by atoms with Crippen LogP contribution in [0.3, 0.4) is 0 Å². The summed E-state index contributed by atoms with van der Waals surface area (Å²) < 4.78 is 32.5. The first-order valence-electron chi connectivity index (χ1n) is 13.3. The van der Waals surface area contributed by atoms with Gasteiger partial charge in [-0.15, -0.1) is 0 Å². The summed E-state index contributed by atoms with van der Waals surface area (Å²) >= 11 is 4.50. The van der Waals surface area contributed by atoms with Gasteiger partial charge in [0.15, 0.2) is 0 Å². The Hall–Kier alpha value is 0.590. The monoisotopic (exact) mass is 514 g/mol. The highest BCUT2D eigenvalue weighted by molar-refractivity contribution is 8.44. The van der Waals surface area contributed by atoms with Gasteiger partial charge in [-0.05, 0) is 45.3 Å². The molecule has 1 heterocycles. The van der Waals surface area contributed by atoms with Crippen molar-refractivity contribution in [1.29, 1.82) is 0 Å². The molecule has 2 fully saturated rings. The summed E-state index contributed by atoms with van der Waals surface area (Å²) in [4.78, 5) is 0. The van der Waals surface area contributed by atoms with E-state index in [1.165, 1.54) is 0 Å². The third kappa shape index (κ3) is 7.12. The lowest BCUT2D eigenvalue weighted by Gasteiger charge is -2.42. The Kier molecular flexibility index (Phi) is 9.10. The molecule has 2 unspecified atom stereocenters. The van der Waals surface area contributed by atoms with E-state index in [0.29, 0.717) is 17.7 Å². The summed E-state index contributed by atoms with van der Waals surface area (Å²) in [5.74, 6) is 1.74. The van der Waals surface area contributed by atoms with Gasteiger partial charge in [-0.3, -0.25) is 9.05 Å². The van der Waals surface area contributed by atoms with Crippen molar-refractivity contribution < 1.29 is 18.3 Å². The summed E-state index contributed by atoms with van der Waals surface area (Å²) in [6.45, 7) is 23.9. The van der Waals surface area contributed by atoms with Crippen LogP contribution in [-0.2, 0) is 18.3 Å². The van der Waals surface area contributed by atoms with E-state index in [9.17, 15) is 4.57 Å². The molecule has 0 bridgehead atoms. The van der Waals surface area contributed by atoms with Crippen LogP contribution < -0.4 is 0 Å². The molecule has 0 aromatic rings. The summed E-state index contributed by atoms with van der Waals surface area (Å²) in [6.07, 6.45) is 0.775. The third-order valence-corrected chi connectivity index (χ3v) is 10.1. The molecule has 0 amide bonds. The minimum Gasteiger partial charge on any atom is -0.381 e. The fourth-order valence-electron chi connectivity index (χ4n) is 7.39. The summed E-state index contributed by atoms with van der Waals surface area (Å²) in [5.41, 5.74) is 0.230. The van der Waals surface area contributed by atoms with E-state index < -0.39 is 6.80 Å². The minimum absolute atomic E-state index is 0.0354. The van der Waals surface area contributed by atoms with E-state index in [4.69, 9.17) is 13.8 Å². The van der Waals surface area contributed by atoms with Gasteiger partial charge >= 0.3 is 6.80 Å². The van der Waals surface area contributed by atoms with E-state index in [2.05, 4.69) is 111 Å². The van der Waals surface area contributed by atoms with Gasteiger partial charge in [-0.2, -0.15) is 0 Å². The second-order valence-corrected chi connectivity index (χ2v) is 18.5. The quantitative estimate of drug-likeness (QED) is 0.267. The lowest BCUT2D eigenvalue weighted by atomic mass is 9.59. The smallest absolute Gasteiger partial charge is 0.381 e. The van der Waals surface area contributed by atoms with Crippen LogP contribution in [0.25, 0.3) is 0 Å². The van der Waals surface area contributed by atoms with Gasteiger partial charge in [-0.25, -0.2) is 4.57 Å². The molecule has 1 aliphatic heterocycles. The number of rotatable bonds is 5. The average molecular weight is 514 g/mol. The van der Waals surface area contributed by atoms with E-state index in [1.807, 2.05) is 0 Å². The highest BCUT2D eigenvalue weighted by Gasteiger charge is 2.54. The van der Waals surface area contributed by atoms with Crippen LogP contribution in [0.15, 0.2) is 0 Å². The van der Waals surface area contributed by atoms with Gasteiger partial charge in [0.2, 0.25) is 0 Å². The highest BCUT2D eigenvalue weighted by atomic mass is 32.7. The summed E-state index contributed by atoms with van der Waals surface area (Å²) in [5, 5.41) is 0. The Balaban J connectivity index is 2.24. The van der Waals surface area contributed by atoms with E-state index in [0.717, 1.165) is 6.42 Å². The Morgan fingerprint density at radius 1 is 0.824 bits per heavy atom. The zero-order valence-corrected chi connectivity index (χ0v) is 26.3. The molecular formula is C26H53B2O4PS. The fraction of sp³-hybridized carbons (Fsp3) is 1.00. The molecule has 2 rings (SSSR count). The fourth-order valence-corrected chi connectivity index (χ4v) is 8.90. The summed E-state index contributed by atoms with van der Waals surface area (Å²) in [6, 6.07) is 0.115. The molecule has 0 aromatic heterocycles. The summed E-state index contributed by atoms with van der Waals surface area (Å²) in [7, 11) is 4.46. The predicted octanol–water partition coefficient (Wildman–Crippen LogP) is 6.26. The number of hydrogen-bond acceptors (Lipinski definition) is 4. The molecule has 198 valence electrons. The minimum atomic E-state index is -3.58.